The molecule has 5 heteroatoms. The number of rotatable bonds is 4. The summed E-state index contributed by atoms with van der Waals surface area (Å²) in [6, 6.07) is 7.35. The maximum Gasteiger partial charge on any atom is 0.238 e. The fourth-order valence-corrected chi connectivity index (χ4v) is 1.96. The maximum absolute atomic E-state index is 11.6. The molecule has 0 aromatic heterocycles. The van der Waals surface area contributed by atoms with E-state index in [-0.39, 0.29) is 11.9 Å². The minimum atomic E-state index is -0.184. The fraction of sp³-hybridized carbons (Fsp3) is 0.462. The maximum atomic E-state index is 11.6. The number of carbonyl (C=O) groups is 1. The third-order valence-corrected chi connectivity index (χ3v) is 3.06. The summed E-state index contributed by atoms with van der Waals surface area (Å²) in [5, 5.41) is 2.87. The van der Waals surface area contributed by atoms with Crippen LogP contribution in [0.1, 0.15) is 13.3 Å². The summed E-state index contributed by atoms with van der Waals surface area (Å²) >= 11 is 0. The van der Waals surface area contributed by atoms with Crippen molar-refractivity contribution in [1.29, 1.82) is 0 Å². The number of carbonyl (C=O) groups excluding carboxylic acids is 1. The fourth-order valence-electron chi connectivity index (χ4n) is 1.96. The van der Waals surface area contributed by atoms with Crippen molar-refractivity contribution in [3.63, 3.8) is 0 Å². The molecular weight excluding hydrogens is 230 g/mol. The van der Waals surface area contributed by atoms with E-state index in [4.69, 9.17) is 4.74 Å². The van der Waals surface area contributed by atoms with Gasteiger partial charge in [0.25, 0.3) is 0 Å². The van der Waals surface area contributed by atoms with Gasteiger partial charge in [-0.1, -0.05) is 6.92 Å². The average molecular weight is 249 g/mol. The van der Waals surface area contributed by atoms with Crippen LogP contribution < -0.4 is 20.9 Å². The van der Waals surface area contributed by atoms with E-state index in [0.29, 0.717) is 5.92 Å². The second-order valence-corrected chi connectivity index (χ2v) is 4.64. The third-order valence-electron chi connectivity index (χ3n) is 3.06. The summed E-state index contributed by atoms with van der Waals surface area (Å²) in [6.45, 7) is 2.89. The quantitative estimate of drug-likeness (QED) is 0.700. The normalized spacial score (nSPS) is 23.3. The number of nitrogens with one attached hydrogen (secondary N) is 3. The Labute approximate surface area is 107 Å². The van der Waals surface area contributed by atoms with Crippen molar-refractivity contribution in [2.24, 2.45) is 5.92 Å². The van der Waals surface area contributed by atoms with E-state index in [1.807, 2.05) is 24.3 Å². The molecule has 1 aromatic carbocycles. The molecule has 0 radical (unpaired) electrons. The van der Waals surface area contributed by atoms with Crippen LogP contribution in [0.15, 0.2) is 24.3 Å². The SMILES string of the molecule is COc1ccc(NNC2CC(C)CNC2=O)cc1. The summed E-state index contributed by atoms with van der Waals surface area (Å²) in [4.78, 5) is 11.6. The second kappa shape index (κ2) is 5.73. The van der Waals surface area contributed by atoms with Crippen molar-refractivity contribution in [2.45, 2.75) is 19.4 Å². The van der Waals surface area contributed by atoms with Crippen LogP contribution in [0.5, 0.6) is 5.75 Å². The van der Waals surface area contributed by atoms with Crippen molar-refractivity contribution < 1.29 is 9.53 Å². The Hall–Kier alpha value is -1.75. The largest absolute Gasteiger partial charge is 0.497 e. The van der Waals surface area contributed by atoms with E-state index in [2.05, 4.69) is 23.1 Å². The van der Waals surface area contributed by atoms with Crippen molar-refractivity contribution in [2.75, 3.05) is 19.1 Å². The van der Waals surface area contributed by atoms with Gasteiger partial charge < -0.3 is 15.5 Å². The molecule has 2 atom stereocenters. The molecule has 98 valence electrons. The van der Waals surface area contributed by atoms with Gasteiger partial charge in [-0.15, -0.1) is 0 Å². The van der Waals surface area contributed by atoms with Gasteiger partial charge in [-0.25, -0.2) is 5.43 Å². The topological polar surface area (TPSA) is 62.4 Å². The molecule has 1 saturated heterocycles. The summed E-state index contributed by atoms with van der Waals surface area (Å²) < 4.78 is 5.08. The zero-order chi connectivity index (χ0) is 13.0. The van der Waals surface area contributed by atoms with E-state index >= 15 is 0 Å². The molecule has 5 nitrogen and oxygen atoms in total. The Morgan fingerprint density at radius 2 is 2.06 bits per heavy atom. The Morgan fingerprint density at radius 3 is 2.72 bits per heavy atom. The molecule has 1 aliphatic rings. The van der Waals surface area contributed by atoms with Gasteiger partial charge >= 0.3 is 0 Å². The number of hydrogen-bond donors (Lipinski definition) is 3. The molecule has 18 heavy (non-hydrogen) atoms. The summed E-state index contributed by atoms with van der Waals surface area (Å²) in [5.41, 5.74) is 7.01. The van der Waals surface area contributed by atoms with Crippen molar-refractivity contribution in [3.8, 4) is 5.75 Å². The Kier molecular flexibility index (Phi) is 4.04. The number of anilines is 1. The van der Waals surface area contributed by atoms with Crippen molar-refractivity contribution in [3.05, 3.63) is 24.3 Å². The van der Waals surface area contributed by atoms with Crippen molar-refractivity contribution in [1.82, 2.24) is 10.7 Å². The molecule has 1 amide bonds. The number of amides is 1. The van der Waals surface area contributed by atoms with Gasteiger partial charge in [-0.05, 0) is 36.6 Å². The number of ether oxygens (including phenoxy) is 1. The summed E-state index contributed by atoms with van der Waals surface area (Å²) in [6.07, 6.45) is 0.842. The molecule has 1 aromatic rings. The second-order valence-electron chi connectivity index (χ2n) is 4.64. The van der Waals surface area contributed by atoms with Crippen LogP contribution in [0.2, 0.25) is 0 Å². The first kappa shape index (κ1) is 12.7. The summed E-state index contributed by atoms with van der Waals surface area (Å²) in [7, 11) is 1.63. The lowest BCUT2D eigenvalue weighted by atomic mass is 9.98. The molecule has 2 rings (SSSR count). The van der Waals surface area contributed by atoms with Crippen LogP contribution >= 0.6 is 0 Å². The average Bonchev–Trinajstić information content (AvgIpc) is 2.40. The highest BCUT2D eigenvalue weighted by molar-refractivity contribution is 5.82. The first-order valence-corrected chi connectivity index (χ1v) is 6.12. The van der Waals surface area contributed by atoms with Crippen LogP contribution in [0, 0.1) is 5.92 Å². The van der Waals surface area contributed by atoms with E-state index < -0.39 is 0 Å². The highest BCUT2D eigenvalue weighted by Gasteiger charge is 2.25. The van der Waals surface area contributed by atoms with Crippen LogP contribution in [0.3, 0.4) is 0 Å². The molecule has 0 spiro atoms. The third kappa shape index (κ3) is 3.13. The highest BCUT2D eigenvalue weighted by atomic mass is 16.5. The lowest BCUT2D eigenvalue weighted by molar-refractivity contribution is -0.125. The number of hydrogen-bond acceptors (Lipinski definition) is 4. The number of hydrazine groups is 1. The van der Waals surface area contributed by atoms with E-state index in [9.17, 15) is 4.79 Å². The first-order chi connectivity index (χ1) is 8.69. The zero-order valence-corrected chi connectivity index (χ0v) is 10.7. The molecular formula is C13H19N3O2. The van der Waals surface area contributed by atoms with Crippen molar-refractivity contribution >= 4 is 11.6 Å². The van der Waals surface area contributed by atoms with Gasteiger partial charge in [-0.2, -0.15) is 0 Å². The molecule has 1 aliphatic heterocycles. The minimum absolute atomic E-state index is 0.0501. The monoisotopic (exact) mass is 249 g/mol. The lowest BCUT2D eigenvalue weighted by Crippen LogP contribution is -2.52. The highest BCUT2D eigenvalue weighted by Crippen LogP contribution is 2.15. The molecule has 1 fully saturated rings. The number of benzene rings is 1. The first-order valence-electron chi connectivity index (χ1n) is 6.12. The van der Waals surface area contributed by atoms with Gasteiger partial charge in [0.1, 0.15) is 11.8 Å². The lowest BCUT2D eigenvalue weighted by Gasteiger charge is -2.27. The zero-order valence-electron chi connectivity index (χ0n) is 10.7. The number of piperidine rings is 1. The van der Waals surface area contributed by atoms with Crippen LogP contribution in [-0.4, -0.2) is 25.6 Å². The van der Waals surface area contributed by atoms with E-state index in [0.717, 1.165) is 24.4 Å². The van der Waals surface area contributed by atoms with Gasteiger partial charge in [0.15, 0.2) is 0 Å². The molecule has 2 unspecified atom stereocenters. The Bertz CT molecular complexity index is 405. The molecule has 1 heterocycles. The predicted octanol–water partition coefficient (Wildman–Crippen LogP) is 1.14. The van der Waals surface area contributed by atoms with Gasteiger partial charge in [0.2, 0.25) is 5.91 Å². The Balaban J connectivity index is 1.88. The smallest absolute Gasteiger partial charge is 0.238 e. The standard InChI is InChI=1S/C13H19N3O2/c1-9-7-12(13(17)14-8-9)16-15-10-3-5-11(18-2)6-4-10/h3-6,9,12,15-16H,7-8H2,1-2H3,(H,14,17). The Morgan fingerprint density at radius 1 is 1.33 bits per heavy atom. The molecule has 3 N–H and O–H groups in total. The summed E-state index contributed by atoms with van der Waals surface area (Å²) in [5.74, 6) is 1.36. The van der Waals surface area contributed by atoms with Crippen LogP contribution in [0.4, 0.5) is 5.69 Å². The van der Waals surface area contributed by atoms with Gasteiger partial charge in [0.05, 0.1) is 7.11 Å². The minimum Gasteiger partial charge on any atom is -0.497 e. The molecule has 0 saturated carbocycles. The van der Waals surface area contributed by atoms with E-state index in [1.54, 1.807) is 7.11 Å². The molecule has 0 bridgehead atoms. The van der Waals surface area contributed by atoms with E-state index in [1.165, 1.54) is 0 Å². The van der Waals surface area contributed by atoms with Gasteiger partial charge in [-0.3, -0.25) is 4.79 Å². The predicted molar refractivity (Wildman–Crippen MR) is 70.3 cm³/mol. The molecule has 0 aliphatic carbocycles. The van der Waals surface area contributed by atoms with Crippen LogP contribution in [0.25, 0.3) is 0 Å². The van der Waals surface area contributed by atoms with Gasteiger partial charge in [0, 0.05) is 12.2 Å². The number of methoxy groups -OCH3 is 1. The van der Waals surface area contributed by atoms with Crippen LogP contribution in [-0.2, 0) is 4.79 Å².